The lowest BCUT2D eigenvalue weighted by Gasteiger charge is -1.98. The Morgan fingerprint density at radius 1 is 1.41 bits per heavy atom. The van der Waals surface area contributed by atoms with Gasteiger partial charge in [0.2, 0.25) is 5.43 Å². The minimum atomic E-state index is -0.422. The monoisotopic (exact) mass is 314 g/mol. The molecule has 22 heavy (non-hydrogen) atoms. The second kappa shape index (κ2) is 5.86. The first kappa shape index (κ1) is 14.1. The second-order valence-corrected chi connectivity index (χ2v) is 5.16. The van der Waals surface area contributed by atoms with E-state index in [1.807, 2.05) is 0 Å². The van der Waals surface area contributed by atoms with Crippen molar-refractivity contribution in [1.82, 2.24) is 15.0 Å². The summed E-state index contributed by atoms with van der Waals surface area (Å²) in [6.45, 7) is 1.68. The molecule has 0 radical (unpaired) electrons. The minimum absolute atomic E-state index is 0.213. The molecule has 0 saturated heterocycles. The van der Waals surface area contributed by atoms with E-state index in [-0.39, 0.29) is 11.0 Å². The zero-order valence-electron chi connectivity index (χ0n) is 11.4. The van der Waals surface area contributed by atoms with Gasteiger partial charge in [-0.15, -0.1) is 5.10 Å². The lowest BCUT2D eigenvalue weighted by atomic mass is 10.2. The number of hydrogen-bond donors (Lipinski definition) is 1. The van der Waals surface area contributed by atoms with Crippen LogP contribution in [0.3, 0.4) is 0 Å². The normalized spacial score (nSPS) is 11.1. The molecule has 0 aliphatic rings. The number of amides is 1. The van der Waals surface area contributed by atoms with Gasteiger partial charge in [0.1, 0.15) is 16.7 Å². The number of nitrogens with zero attached hydrogens (tertiary/aromatic N) is 3. The largest absolute Gasteiger partial charge is 0.463 e. The molecule has 0 saturated carbocycles. The van der Waals surface area contributed by atoms with Gasteiger partial charge in [-0.05, 0) is 30.6 Å². The lowest BCUT2D eigenvalue weighted by Crippen LogP contribution is -2.18. The third kappa shape index (κ3) is 2.63. The van der Waals surface area contributed by atoms with Gasteiger partial charge in [0.15, 0.2) is 0 Å². The van der Waals surface area contributed by atoms with Crippen LogP contribution in [0.2, 0.25) is 0 Å². The Labute approximate surface area is 128 Å². The number of hydrazone groups is 1. The van der Waals surface area contributed by atoms with Gasteiger partial charge in [0.05, 0.1) is 22.9 Å². The number of rotatable bonds is 3. The highest BCUT2D eigenvalue weighted by molar-refractivity contribution is 7.07. The van der Waals surface area contributed by atoms with Crippen LogP contribution in [0.1, 0.15) is 20.9 Å². The Bertz CT molecular complexity index is 929. The van der Waals surface area contributed by atoms with Crippen molar-refractivity contribution >= 4 is 34.6 Å². The first-order chi connectivity index (χ1) is 10.7. The molecule has 8 heteroatoms. The van der Waals surface area contributed by atoms with E-state index in [1.165, 1.54) is 12.5 Å². The maximum absolute atomic E-state index is 12.2. The lowest BCUT2D eigenvalue weighted by molar-refractivity contribution is 0.0958. The summed E-state index contributed by atoms with van der Waals surface area (Å²) in [4.78, 5) is 24.4. The molecule has 1 aromatic carbocycles. The van der Waals surface area contributed by atoms with Crippen molar-refractivity contribution < 1.29 is 9.21 Å². The van der Waals surface area contributed by atoms with E-state index in [1.54, 1.807) is 31.2 Å². The van der Waals surface area contributed by atoms with E-state index in [0.717, 1.165) is 11.5 Å². The van der Waals surface area contributed by atoms with E-state index < -0.39 is 5.91 Å². The summed E-state index contributed by atoms with van der Waals surface area (Å²) >= 11 is 0.982. The quantitative estimate of drug-likeness (QED) is 0.586. The van der Waals surface area contributed by atoms with Crippen molar-refractivity contribution in [1.29, 1.82) is 0 Å². The molecule has 7 nitrogen and oxygen atoms in total. The number of carbonyl (C=O) groups excluding carboxylic acids is 1. The fraction of sp³-hybridized carbons (Fsp3) is 0.0714. The van der Waals surface area contributed by atoms with Crippen molar-refractivity contribution in [3.63, 3.8) is 0 Å². The molecule has 0 bridgehead atoms. The molecule has 2 heterocycles. The SMILES string of the molecule is Cc1nnsc1C(=O)N/N=C\c1coc2ccccc2c1=O. The van der Waals surface area contributed by atoms with E-state index in [9.17, 15) is 9.59 Å². The van der Waals surface area contributed by atoms with Crippen molar-refractivity contribution in [2.75, 3.05) is 0 Å². The van der Waals surface area contributed by atoms with Crippen molar-refractivity contribution in [3.05, 3.63) is 56.9 Å². The van der Waals surface area contributed by atoms with Gasteiger partial charge in [-0.1, -0.05) is 16.6 Å². The summed E-state index contributed by atoms with van der Waals surface area (Å²) in [5, 5.41) is 7.97. The minimum Gasteiger partial charge on any atom is -0.463 e. The maximum atomic E-state index is 12.2. The number of aryl methyl sites for hydroxylation is 1. The number of hydrogen-bond acceptors (Lipinski definition) is 7. The third-order valence-corrected chi connectivity index (χ3v) is 3.76. The summed E-state index contributed by atoms with van der Waals surface area (Å²) in [5.74, 6) is -0.422. The maximum Gasteiger partial charge on any atom is 0.285 e. The molecule has 1 N–H and O–H groups in total. The zero-order chi connectivity index (χ0) is 15.5. The third-order valence-electron chi connectivity index (χ3n) is 2.93. The molecule has 110 valence electrons. The Kier molecular flexibility index (Phi) is 3.75. The first-order valence-corrected chi connectivity index (χ1v) is 7.07. The average Bonchev–Trinajstić information content (AvgIpc) is 2.96. The van der Waals surface area contributed by atoms with Crippen molar-refractivity contribution in [2.24, 2.45) is 5.10 Å². The van der Waals surface area contributed by atoms with E-state index >= 15 is 0 Å². The zero-order valence-corrected chi connectivity index (χ0v) is 12.3. The van der Waals surface area contributed by atoms with Gasteiger partial charge >= 0.3 is 0 Å². The Balaban J connectivity index is 1.81. The molecular formula is C14H10N4O3S. The second-order valence-electron chi connectivity index (χ2n) is 4.40. The van der Waals surface area contributed by atoms with Gasteiger partial charge in [-0.3, -0.25) is 9.59 Å². The number of benzene rings is 1. The van der Waals surface area contributed by atoms with Crippen molar-refractivity contribution in [2.45, 2.75) is 6.92 Å². The molecule has 0 aliphatic heterocycles. The Morgan fingerprint density at radius 3 is 3.00 bits per heavy atom. The molecule has 3 aromatic rings. The molecule has 3 rings (SSSR count). The smallest absolute Gasteiger partial charge is 0.285 e. The average molecular weight is 314 g/mol. The highest BCUT2D eigenvalue weighted by Crippen LogP contribution is 2.10. The molecule has 0 fully saturated rings. The fourth-order valence-corrected chi connectivity index (χ4v) is 2.38. The van der Waals surface area contributed by atoms with Crippen LogP contribution >= 0.6 is 11.5 Å². The van der Waals surface area contributed by atoms with Crippen LogP contribution < -0.4 is 10.9 Å². The fourth-order valence-electron chi connectivity index (χ4n) is 1.83. The molecule has 0 spiro atoms. The van der Waals surface area contributed by atoms with E-state index in [2.05, 4.69) is 20.1 Å². The predicted molar refractivity (Wildman–Crippen MR) is 82.2 cm³/mol. The number of carbonyl (C=O) groups is 1. The topological polar surface area (TPSA) is 97.5 Å². The summed E-state index contributed by atoms with van der Waals surface area (Å²) in [7, 11) is 0. The number of nitrogens with one attached hydrogen (secondary N) is 1. The molecule has 0 aliphatic carbocycles. The Hall–Kier alpha value is -2.87. The van der Waals surface area contributed by atoms with Crippen LogP contribution in [0.15, 0.2) is 44.8 Å². The van der Waals surface area contributed by atoms with Crippen LogP contribution in [-0.2, 0) is 0 Å². The highest BCUT2D eigenvalue weighted by Gasteiger charge is 2.12. The van der Waals surface area contributed by atoms with Crippen LogP contribution in [0.4, 0.5) is 0 Å². The van der Waals surface area contributed by atoms with Gasteiger partial charge in [0.25, 0.3) is 5.91 Å². The molecular weight excluding hydrogens is 304 g/mol. The van der Waals surface area contributed by atoms with Crippen LogP contribution in [-0.4, -0.2) is 21.7 Å². The van der Waals surface area contributed by atoms with Crippen LogP contribution in [0.5, 0.6) is 0 Å². The highest BCUT2D eigenvalue weighted by atomic mass is 32.1. The van der Waals surface area contributed by atoms with Gasteiger partial charge in [-0.2, -0.15) is 5.10 Å². The van der Waals surface area contributed by atoms with Crippen LogP contribution in [0, 0.1) is 6.92 Å². The number of fused-ring (bicyclic) bond motifs is 1. The van der Waals surface area contributed by atoms with Crippen molar-refractivity contribution in [3.8, 4) is 0 Å². The summed E-state index contributed by atoms with van der Waals surface area (Å²) in [6, 6.07) is 6.91. The van der Waals surface area contributed by atoms with E-state index in [4.69, 9.17) is 4.42 Å². The standard InChI is InChI=1S/C14H10N4O3S/c1-8-13(22-18-16-8)14(20)17-15-6-9-7-21-11-5-3-2-4-10(11)12(9)19/h2-7H,1H3,(H,17,20)/b15-6-. The molecule has 0 atom stereocenters. The van der Waals surface area contributed by atoms with E-state index in [0.29, 0.717) is 21.5 Å². The number of para-hydroxylation sites is 1. The number of aromatic nitrogens is 2. The predicted octanol–water partition coefficient (Wildman–Crippen LogP) is 1.72. The summed E-state index contributed by atoms with van der Waals surface area (Å²) in [6.07, 6.45) is 2.56. The molecule has 2 aromatic heterocycles. The summed E-state index contributed by atoms with van der Waals surface area (Å²) in [5.41, 5.74) is 3.40. The van der Waals surface area contributed by atoms with Crippen LogP contribution in [0.25, 0.3) is 11.0 Å². The van der Waals surface area contributed by atoms with Gasteiger partial charge in [-0.25, -0.2) is 5.43 Å². The Morgan fingerprint density at radius 2 is 2.23 bits per heavy atom. The molecule has 0 unspecified atom stereocenters. The first-order valence-electron chi connectivity index (χ1n) is 6.29. The van der Waals surface area contributed by atoms with Gasteiger partial charge in [0, 0.05) is 0 Å². The van der Waals surface area contributed by atoms with Gasteiger partial charge < -0.3 is 4.42 Å². The molecule has 1 amide bonds. The summed E-state index contributed by atoms with van der Waals surface area (Å²) < 4.78 is 9.02.